The van der Waals surface area contributed by atoms with Crippen LogP contribution in [0.5, 0.6) is 0 Å². The van der Waals surface area contributed by atoms with E-state index in [1.807, 2.05) is 69.7 Å². The standard InChI is InChI=1S/C24H22N8O/c1-15-6-4-9-19(28-15)22-21(17-10-11-20-26-14-27-31(20)13-17)29-24(30-22)32(2,3)18-8-5-7-16(12-18)23(25)33/h4-14H,1-3H3,(H2-,25,28,29,30,33)/p+1. The van der Waals surface area contributed by atoms with E-state index in [4.69, 9.17) is 15.7 Å². The summed E-state index contributed by atoms with van der Waals surface area (Å²) < 4.78 is 1.99. The van der Waals surface area contributed by atoms with Crippen LogP contribution >= 0.6 is 0 Å². The van der Waals surface area contributed by atoms with Crippen LogP contribution in [0.4, 0.5) is 11.6 Å². The van der Waals surface area contributed by atoms with Crippen molar-refractivity contribution in [3.8, 4) is 22.6 Å². The normalized spacial score (nSPS) is 11.7. The third-order valence-corrected chi connectivity index (χ3v) is 5.69. The van der Waals surface area contributed by atoms with Crippen molar-refractivity contribution in [2.75, 3.05) is 14.1 Å². The second kappa shape index (κ2) is 7.64. The molecule has 1 amide bonds. The molecule has 0 fully saturated rings. The Balaban J connectivity index is 1.70. The van der Waals surface area contributed by atoms with Gasteiger partial charge < -0.3 is 5.73 Å². The number of hydrogen-bond acceptors (Lipinski definition) is 5. The van der Waals surface area contributed by atoms with Crippen molar-refractivity contribution in [1.29, 1.82) is 0 Å². The summed E-state index contributed by atoms with van der Waals surface area (Å²) in [6, 6.07) is 17.0. The fourth-order valence-corrected chi connectivity index (χ4v) is 3.79. The minimum atomic E-state index is -0.470. The number of quaternary nitrogens is 1. The summed E-state index contributed by atoms with van der Waals surface area (Å²) in [6.07, 6.45) is 3.42. The molecule has 0 aliphatic carbocycles. The average Bonchev–Trinajstić information content (AvgIpc) is 3.46. The summed E-state index contributed by atoms with van der Waals surface area (Å²) in [7, 11) is 3.99. The topological polar surface area (TPSA) is 115 Å². The van der Waals surface area contributed by atoms with Gasteiger partial charge in [-0.3, -0.25) is 14.8 Å². The van der Waals surface area contributed by atoms with Crippen molar-refractivity contribution < 1.29 is 4.79 Å². The molecule has 3 N–H and O–H groups in total. The number of aromatic amines is 1. The van der Waals surface area contributed by atoms with Gasteiger partial charge in [-0.05, 0) is 43.3 Å². The highest BCUT2D eigenvalue weighted by Gasteiger charge is 2.30. The number of nitrogens with two attached hydrogens (primary N) is 1. The van der Waals surface area contributed by atoms with Crippen LogP contribution in [0.1, 0.15) is 16.1 Å². The summed E-state index contributed by atoms with van der Waals surface area (Å²) in [4.78, 5) is 29.2. The highest BCUT2D eigenvalue weighted by molar-refractivity contribution is 5.93. The van der Waals surface area contributed by atoms with Crippen molar-refractivity contribution in [1.82, 2.24) is 34.0 Å². The molecule has 0 spiro atoms. The number of aromatic nitrogens is 6. The number of pyridine rings is 2. The summed E-state index contributed by atoms with van der Waals surface area (Å²) in [6.45, 7) is 1.96. The van der Waals surface area contributed by atoms with Gasteiger partial charge in [0.05, 0.1) is 25.5 Å². The van der Waals surface area contributed by atoms with E-state index >= 15 is 0 Å². The first-order chi connectivity index (χ1) is 15.8. The lowest BCUT2D eigenvalue weighted by molar-refractivity contribution is 0.1000. The van der Waals surface area contributed by atoms with Gasteiger partial charge in [-0.25, -0.2) is 14.0 Å². The Bertz CT molecular complexity index is 1500. The number of aryl methyl sites for hydroxylation is 1. The van der Waals surface area contributed by atoms with Crippen molar-refractivity contribution in [2.45, 2.75) is 6.92 Å². The maximum absolute atomic E-state index is 11.7. The summed E-state index contributed by atoms with van der Waals surface area (Å²) >= 11 is 0. The molecule has 1 aromatic carbocycles. The van der Waals surface area contributed by atoms with E-state index in [0.717, 1.165) is 39.7 Å². The third-order valence-electron chi connectivity index (χ3n) is 5.69. The summed E-state index contributed by atoms with van der Waals surface area (Å²) in [5, 5.41) is 4.26. The van der Waals surface area contributed by atoms with Crippen molar-refractivity contribution in [3.63, 3.8) is 0 Å². The number of fused-ring (bicyclic) bond motifs is 1. The second-order valence-corrected chi connectivity index (χ2v) is 8.30. The molecular formula is C24H23N8O+. The lowest BCUT2D eigenvalue weighted by Crippen LogP contribution is -2.35. The Morgan fingerprint density at radius 3 is 2.67 bits per heavy atom. The number of nitrogens with zero attached hydrogens (tertiary/aromatic N) is 6. The maximum atomic E-state index is 11.7. The molecule has 0 unspecified atom stereocenters. The number of benzene rings is 1. The Hall–Kier alpha value is -4.37. The fraction of sp³-hybridized carbons (Fsp3) is 0.125. The number of amides is 1. The van der Waals surface area contributed by atoms with Crippen molar-refractivity contribution >= 4 is 23.2 Å². The van der Waals surface area contributed by atoms with E-state index in [2.05, 4.69) is 15.1 Å². The number of hydrogen-bond donors (Lipinski definition) is 2. The average molecular weight is 440 g/mol. The molecule has 0 radical (unpaired) electrons. The number of primary amides is 1. The van der Waals surface area contributed by atoms with Gasteiger partial charge in [0.25, 0.3) is 0 Å². The van der Waals surface area contributed by atoms with E-state index in [1.54, 1.807) is 16.6 Å². The Labute approximate surface area is 190 Å². The van der Waals surface area contributed by atoms with E-state index in [-0.39, 0.29) is 4.48 Å². The van der Waals surface area contributed by atoms with Gasteiger partial charge in [0, 0.05) is 29.1 Å². The second-order valence-electron chi connectivity index (χ2n) is 8.30. The molecule has 33 heavy (non-hydrogen) atoms. The van der Waals surface area contributed by atoms with Gasteiger partial charge in [0.15, 0.2) is 5.65 Å². The number of imidazole rings is 1. The van der Waals surface area contributed by atoms with Gasteiger partial charge >= 0.3 is 5.95 Å². The lowest BCUT2D eigenvalue weighted by Gasteiger charge is -2.25. The molecule has 9 nitrogen and oxygen atoms in total. The minimum absolute atomic E-state index is 0.269. The zero-order chi connectivity index (χ0) is 23.2. The maximum Gasteiger partial charge on any atom is 0.312 e. The zero-order valence-corrected chi connectivity index (χ0v) is 18.5. The van der Waals surface area contributed by atoms with Gasteiger partial charge in [-0.15, -0.1) is 0 Å². The molecule has 0 bridgehead atoms. The third kappa shape index (κ3) is 3.64. The minimum Gasteiger partial charge on any atom is -0.366 e. The van der Waals surface area contributed by atoms with E-state index < -0.39 is 5.91 Å². The van der Waals surface area contributed by atoms with Crippen LogP contribution < -0.4 is 10.2 Å². The molecular weight excluding hydrogens is 416 g/mol. The largest absolute Gasteiger partial charge is 0.366 e. The SMILES string of the molecule is Cc1cccc(-c2[nH]c([N+](C)(C)c3cccc(C(N)=O)c3)nc2-c2ccc3ncnn3c2)n1. The summed E-state index contributed by atoms with van der Waals surface area (Å²) in [5.74, 6) is 0.214. The first-order valence-corrected chi connectivity index (χ1v) is 10.4. The van der Waals surface area contributed by atoms with E-state index in [1.165, 1.54) is 6.33 Å². The highest BCUT2D eigenvalue weighted by atomic mass is 16.1. The monoisotopic (exact) mass is 439 g/mol. The van der Waals surface area contributed by atoms with E-state index in [9.17, 15) is 4.79 Å². The van der Waals surface area contributed by atoms with Gasteiger partial charge in [0.2, 0.25) is 5.91 Å². The molecule has 0 aliphatic rings. The van der Waals surface area contributed by atoms with Crippen LogP contribution in [-0.4, -0.2) is 49.6 Å². The van der Waals surface area contributed by atoms with Crippen molar-refractivity contribution in [3.05, 3.63) is 78.4 Å². The first-order valence-electron chi connectivity index (χ1n) is 10.4. The Kier molecular flexibility index (Phi) is 4.75. The highest BCUT2D eigenvalue weighted by Crippen LogP contribution is 2.36. The summed E-state index contributed by atoms with van der Waals surface area (Å²) in [5.41, 5.74) is 11.7. The van der Waals surface area contributed by atoms with Crippen LogP contribution in [0.2, 0.25) is 0 Å². The first kappa shape index (κ1) is 20.5. The molecule has 9 heteroatoms. The molecule has 5 rings (SSSR count). The van der Waals surface area contributed by atoms with Crippen LogP contribution in [-0.2, 0) is 0 Å². The Morgan fingerprint density at radius 2 is 1.88 bits per heavy atom. The molecule has 164 valence electrons. The van der Waals surface area contributed by atoms with Crippen LogP contribution in [0.15, 0.2) is 67.1 Å². The number of H-pyrrole nitrogens is 1. The van der Waals surface area contributed by atoms with Gasteiger partial charge in [-0.1, -0.05) is 12.1 Å². The smallest absolute Gasteiger partial charge is 0.312 e. The molecule has 0 atom stereocenters. The lowest BCUT2D eigenvalue weighted by atomic mass is 10.1. The molecule has 4 heterocycles. The van der Waals surface area contributed by atoms with E-state index in [0.29, 0.717) is 11.5 Å². The predicted octanol–water partition coefficient (Wildman–Crippen LogP) is 3.49. The Morgan fingerprint density at radius 1 is 1.06 bits per heavy atom. The number of rotatable bonds is 5. The van der Waals surface area contributed by atoms with Gasteiger partial charge in [-0.2, -0.15) is 10.1 Å². The number of carbonyl (C=O) groups excluding carboxylic acids is 1. The molecule has 5 aromatic rings. The quantitative estimate of drug-likeness (QED) is 0.407. The number of nitrogens with one attached hydrogen (secondary N) is 1. The molecule has 0 saturated heterocycles. The fourth-order valence-electron chi connectivity index (χ4n) is 3.79. The molecule has 0 saturated carbocycles. The zero-order valence-electron chi connectivity index (χ0n) is 18.5. The molecule has 4 aromatic heterocycles. The van der Waals surface area contributed by atoms with Crippen molar-refractivity contribution in [2.24, 2.45) is 5.73 Å². The number of carbonyl (C=O) groups is 1. The predicted molar refractivity (Wildman–Crippen MR) is 127 cm³/mol. The van der Waals surface area contributed by atoms with Crippen LogP contribution in [0, 0.1) is 6.92 Å². The van der Waals surface area contributed by atoms with Crippen LogP contribution in [0.3, 0.4) is 0 Å². The van der Waals surface area contributed by atoms with Gasteiger partial charge in [0.1, 0.15) is 17.7 Å². The van der Waals surface area contributed by atoms with Crippen LogP contribution in [0.25, 0.3) is 28.3 Å². The molecule has 0 aliphatic heterocycles.